The van der Waals surface area contributed by atoms with Gasteiger partial charge in [0.25, 0.3) is 0 Å². The van der Waals surface area contributed by atoms with Gasteiger partial charge in [-0.2, -0.15) is 0 Å². The number of piperidine rings is 1. The smallest absolute Gasteiger partial charge is 0.227 e. The first-order chi connectivity index (χ1) is 12.9. The van der Waals surface area contributed by atoms with Gasteiger partial charge in [0.2, 0.25) is 11.8 Å². The Labute approximate surface area is 161 Å². The first-order valence-electron chi connectivity index (χ1n) is 9.87. The third kappa shape index (κ3) is 5.01. The van der Waals surface area contributed by atoms with Crippen LogP contribution in [0, 0.1) is 5.92 Å². The molecule has 1 atom stereocenters. The molecule has 27 heavy (non-hydrogen) atoms. The number of carbonyl (C=O) groups is 2. The Kier molecular flexibility index (Phi) is 6.05. The maximum absolute atomic E-state index is 12.8. The van der Waals surface area contributed by atoms with Gasteiger partial charge in [0.05, 0.1) is 13.0 Å². The molecule has 1 N–H and O–H groups in total. The highest BCUT2D eigenvalue weighted by Crippen LogP contribution is 2.27. The van der Waals surface area contributed by atoms with E-state index in [4.69, 9.17) is 4.74 Å². The lowest BCUT2D eigenvalue weighted by atomic mass is 10.00. The van der Waals surface area contributed by atoms with Crippen LogP contribution in [-0.2, 0) is 9.59 Å². The third-order valence-corrected chi connectivity index (χ3v) is 5.41. The fourth-order valence-electron chi connectivity index (χ4n) is 4.05. The van der Waals surface area contributed by atoms with Gasteiger partial charge in [-0.05, 0) is 64.0 Å². The van der Waals surface area contributed by atoms with E-state index in [0.29, 0.717) is 6.54 Å². The number of carbonyl (C=O) groups excluding carboxylic acids is 2. The Morgan fingerprint density at radius 1 is 1.19 bits per heavy atom. The molecule has 2 fully saturated rings. The topological polar surface area (TPSA) is 61.9 Å². The number of hydrogen-bond acceptors (Lipinski definition) is 4. The Bertz CT molecular complexity index is 666. The van der Waals surface area contributed by atoms with Crippen molar-refractivity contribution in [1.29, 1.82) is 0 Å². The molecule has 148 valence electrons. The minimum atomic E-state index is -0.305. The highest BCUT2D eigenvalue weighted by molar-refractivity contribution is 6.00. The summed E-state index contributed by atoms with van der Waals surface area (Å²) in [4.78, 5) is 29.3. The van der Waals surface area contributed by atoms with Crippen molar-refractivity contribution in [1.82, 2.24) is 10.2 Å². The van der Waals surface area contributed by atoms with Crippen LogP contribution in [0.4, 0.5) is 5.69 Å². The number of nitrogens with one attached hydrogen (secondary N) is 1. The minimum Gasteiger partial charge on any atom is -0.497 e. The summed E-state index contributed by atoms with van der Waals surface area (Å²) < 4.78 is 5.16. The van der Waals surface area contributed by atoms with Crippen molar-refractivity contribution in [2.75, 3.05) is 38.2 Å². The quantitative estimate of drug-likeness (QED) is 0.832. The van der Waals surface area contributed by atoms with Gasteiger partial charge in [0, 0.05) is 30.7 Å². The fraction of sp³-hybridized carbons (Fsp3) is 0.619. The van der Waals surface area contributed by atoms with Gasteiger partial charge in [0.1, 0.15) is 5.75 Å². The third-order valence-electron chi connectivity index (χ3n) is 5.41. The van der Waals surface area contributed by atoms with Gasteiger partial charge in [-0.15, -0.1) is 0 Å². The maximum Gasteiger partial charge on any atom is 0.227 e. The minimum absolute atomic E-state index is 0.00541. The normalized spacial score (nSPS) is 21.4. The van der Waals surface area contributed by atoms with Crippen LogP contribution in [0.5, 0.6) is 5.75 Å². The summed E-state index contributed by atoms with van der Waals surface area (Å²) in [7, 11) is 1.61. The average molecular weight is 373 g/mol. The average Bonchev–Trinajstić information content (AvgIpc) is 3.04. The standard InChI is InChI=1S/C21H31N3O3/c1-21(2,15-23-11-5-4-6-12-23)22-20(26)16-13-19(25)24(14-16)17-7-9-18(27-3)10-8-17/h7-10,16H,4-6,11-15H2,1-3H3,(H,22,26)/t16-/m1/s1. The van der Waals surface area contributed by atoms with Gasteiger partial charge in [-0.3, -0.25) is 9.59 Å². The van der Waals surface area contributed by atoms with Gasteiger partial charge >= 0.3 is 0 Å². The van der Waals surface area contributed by atoms with Crippen LogP contribution in [0.15, 0.2) is 24.3 Å². The summed E-state index contributed by atoms with van der Waals surface area (Å²) in [6.07, 6.45) is 4.03. The van der Waals surface area contributed by atoms with Crippen LogP contribution >= 0.6 is 0 Å². The van der Waals surface area contributed by atoms with Crippen molar-refractivity contribution in [3.63, 3.8) is 0 Å². The van der Waals surface area contributed by atoms with Crippen molar-refractivity contribution >= 4 is 17.5 Å². The van der Waals surface area contributed by atoms with Crippen molar-refractivity contribution < 1.29 is 14.3 Å². The molecule has 2 aliphatic rings. The Balaban J connectivity index is 1.57. The van der Waals surface area contributed by atoms with Crippen molar-refractivity contribution in [3.8, 4) is 5.75 Å². The van der Waals surface area contributed by atoms with Crippen molar-refractivity contribution in [3.05, 3.63) is 24.3 Å². The highest BCUT2D eigenvalue weighted by atomic mass is 16.5. The largest absolute Gasteiger partial charge is 0.497 e. The van der Waals surface area contributed by atoms with Crippen LogP contribution in [0.2, 0.25) is 0 Å². The number of amides is 2. The van der Waals surface area contributed by atoms with E-state index in [-0.39, 0.29) is 29.7 Å². The number of methoxy groups -OCH3 is 1. The first-order valence-corrected chi connectivity index (χ1v) is 9.87. The molecule has 0 spiro atoms. The number of ether oxygens (including phenoxy) is 1. The van der Waals surface area contributed by atoms with Crippen LogP contribution < -0.4 is 15.0 Å². The Hall–Kier alpha value is -2.08. The summed E-state index contributed by atoms with van der Waals surface area (Å²) in [5.74, 6) is 0.412. The maximum atomic E-state index is 12.8. The lowest BCUT2D eigenvalue weighted by molar-refractivity contribution is -0.128. The molecule has 6 nitrogen and oxygen atoms in total. The Morgan fingerprint density at radius 3 is 2.48 bits per heavy atom. The number of hydrogen-bond donors (Lipinski definition) is 1. The lowest BCUT2D eigenvalue weighted by Crippen LogP contribution is -2.54. The molecule has 2 heterocycles. The van der Waals surface area contributed by atoms with E-state index >= 15 is 0 Å². The number of rotatable bonds is 6. The molecule has 0 saturated carbocycles. The number of likely N-dealkylation sites (tertiary alicyclic amines) is 1. The van der Waals surface area contributed by atoms with Crippen LogP contribution in [0.3, 0.4) is 0 Å². The molecule has 3 rings (SSSR count). The van der Waals surface area contributed by atoms with Crippen molar-refractivity contribution in [2.45, 2.75) is 45.1 Å². The molecular formula is C21H31N3O3. The lowest BCUT2D eigenvalue weighted by Gasteiger charge is -2.36. The second-order valence-corrected chi connectivity index (χ2v) is 8.31. The SMILES string of the molecule is COc1ccc(N2C[C@H](C(=O)NC(C)(C)CN3CCCCC3)CC2=O)cc1. The van der Waals surface area contributed by atoms with Gasteiger partial charge in [-0.1, -0.05) is 6.42 Å². The van der Waals surface area contributed by atoms with Crippen molar-refractivity contribution in [2.24, 2.45) is 5.92 Å². The van der Waals surface area contributed by atoms with Gasteiger partial charge in [-0.25, -0.2) is 0 Å². The van der Waals surface area contributed by atoms with E-state index in [1.807, 2.05) is 24.3 Å². The molecule has 0 aliphatic carbocycles. The molecule has 0 unspecified atom stereocenters. The van der Waals surface area contributed by atoms with Gasteiger partial charge in [0.15, 0.2) is 0 Å². The molecule has 0 bridgehead atoms. The summed E-state index contributed by atoms with van der Waals surface area (Å²) in [5.41, 5.74) is 0.508. The predicted molar refractivity (Wildman–Crippen MR) is 106 cm³/mol. The predicted octanol–water partition coefficient (Wildman–Crippen LogP) is 2.43. The molecule has 0 aromatic heterocycles. The number of anilines is 1. The highest BCUT2D eigenvalue weighted by Gasteiger charge is 2.37. The summed E-state index contributed by atoms with van der Waals surface area (Å²) >= 11 is 0. The van der Waals surface area contributed by atoms with Crippen LogP contribution in [0.25, 0.3) is 0 Å². The monoisotopic (exact) mass is 373 g/mol. The zero-order valence-corrected chi connectivity index (χ0v) is 16.7. The second kappa shape index (κ2) is 8.30. The molecule has 2 amide bonds. The fourth-order valence-corrected chi connectivity index (χ4v) is 4.05. The Morgan fingerprint density at radius 2 is 1.85 bits per heavy atom. The zero-order chi connectivity index (χ0) is 19.4. The van der Waals surface area contributed by atoms with Crippen LogP contribution in [-0.4, -0.2) is 55.5 Å². The molecule has 1 aromatic carbocycles. The van der Waals surface area contributed by atoms with Crippen LogP contribution in [0.1, 0.15) is 39.5 Å². The molecule has 2 saturated heterocycles. The van der Waals surface area contributed by atoms with E-state index in [1.54, 1.807) is 12.0 Å². The molecule has 6 heteroatoms. The summed E-state index contributed by atoms with van der Waals surface area (Å²) in [5, 5.41) is 3.18. The van der Waals surface area contributed by atoms with E-state index in [0.717, 1.165) is 31.1 Å². The molecule has 1 aromatic rings. The summed E-state index contributed by atoms with van der Waals surface area (Å²) in [6.45, 7) is 7.62. The van der Waals surface area contributed by atoms with Gasteiger partial charge < -0.3 is 19.9 Å². The summed E-state index contributed by atoms with van der Waals surface area (Å²) in [6, 6.07) is 7.38. The number of benzene rings is 1. The second-order valence-electron chi connectivity index (χ2n) is 8.31. The number of nitrogens with zero attached hydrogens (tertiary/aromatic N) is 2. The molecular weight excluding hydrogens is 342 g/mol. The van der Waals surface area contributed by atoms with E-state index < -0.39 is 0 Å². The van der Waals surface area contributed by atoms with E-state index in [9.17, 15) is 9.59 Å². The zero-order valence-electron chi connectivity index (χ0n) is 16.7. The van der Waals surface area contributed by atoms with E-state index in [2.05, 4.69) is 24.1 Å². The molecule has 2 aliphatic heterocycles. The first kappa shape index (κ1) is 19.7. The molecule has 0 radical (unpaired) electrons. The van der Waals surface area contributed by atoms with E-state index in [1.165, 1.54) is 19.3 Å².